The average molecular weight is 730 g/mol. The van der Waals surface area contributed by atoms with Crippen molar-refractivity contribution < 1.29 is 23.5 Å². The lowest BCUT2D eigenvalue weighted by Gasteiger charge is -2.30. The van der Waals surface area contributed by atoms with E-state index in [2.05, 4.69) is 74.1 Å². The van der Waals surface area contributed by atoms with Gasteiger partial charge in [-0.3, -0.25) is 9.59 Å². The van der Waals surface area contributed by atoms with Crippen molar-refractivity contribution in [2.24, 2.45) is 23.7 Å². The Hall–Kier alpha value is -5.65. The number of H-pyrrole nitrogens is 2. The van der Waals surface area contributed by atoms with Gasteiger partial charge in [-0.05, 0) is 84.2 Å². The Balaban J connectivity index is 0.920. The summed E-state index contributed by atoms with van der Waals surface area (Å²) in [6, 6.07) is 19.6. The highest BCUT2D eigenvalue weighted by Crippen LogP contribution is 2.56. The molecule has 2 saturated carbocycles. The molecule has 0 spiro atoms. The fourth-order valence-corrected chi connectivity index (χ4v) is 8.95. The fourth-order valence-electron chi connectivity index (χ4n) is 8.95. The topological polar surface area (TPSA) is 158 Å². The van der Waals surface area contributed by atoms with Crippen molar-refractivity contribution in [3.8, 4) is 33.6 Å². The number of amides is 3. The van der Waals surface area contributed by atoms with Gasteiger partial charge < -0.3 is 34.7 Å². The van der Waals surface area contributed by atoms with Gasteiger partial charge in [0.25, 0.3) is 0 Å². The maximum absolute atomic E-state index is 13.5. The van der Waals surface area contributed by atoms with Crippen LogP contribution in [0.4, 0.5) is 4.79 Å². The molecule has 4 N–H and O–H groups in total. The Bertz CT molecular complexity index is 2080. The van der Waals surface area contributed by atoms with Crippen LogP contribution in [0.1, 0.15) is 75.3 Å². The summed E-state index contributed by atoms with van der Waals surface area (Å²) < 4.78 is 10.2. The quantitative estimate of drug-likeness (QED) is 0.112. The Labute approximate surface area is 314 Å². The van der Waals surface area contributed by atoms with E-state index in [-0.39, 0.29) is 35.6 Å². The molecule has 12 nitrogen and oxygen atoms in total. The van der Waals surface area contributed by atoms with E-state index in [1.165, 1.54) is 7.11 Å². The van der Waals surface area contributed by atoms with Crippen LogP contribution < -0.4 is 10.6 Å². The number of methoxy groups -OCH3 is 1. The number of carbonyl (C=O) groups excluding carboxylic acids is 3. The molecule has 54 heavy (non-hydrogen) atoms. The lowest BCUT2D eigenvalue weighted by molar-refractivity contribution is -0.135. The van der Waals surface area contributed by atoms with Gasteiger partial charge in [0.1, 0.15) is 23.5 Å². The maximum Gasteiger partial charge on any atom is 0.407 e. The van der Waals surface area contributed by atoms with Crippen LogP contribution in [-0.4, -0.2) is 62.4 Å². The number of rotatable bonds is 11. The number of alkyl carbamates (subject to hydrolysis) is 1. The second-order valence-electron chi connectivity index (χ2n) is 15.2. The van der Waals surface area contributed by atoms with Gasteiger partial charge in [0.05, 0.1) is 55.7 Å². The number of carbonyl (C=O) groups is 3. The summed E-state index contributed by atoms with van der Waals surface area (Å²) >= 11 is 0. The summed E-state index contributed by atoms with van der Waals surface area (Å²) in [6.45, 7) is 4.82. The van der Waals surface area contributed by atoms with Crippen LogP contribution in [0.15, 0.2) is 83.7 Å². The van der Waals surface area contributed by atoms with Crippen molar-refractivity contribution in [2.45, 2.75) is 70.5 Å². The number of likely N-dealkylation sites (tertiary alicyclic amines) is 1. The number of aromatic nitrogens is 4. The molecule has 6 atom stereocenters. The van der Waals surface area contributed by atoms with E-state index in [0.717, 1.165) is 83.2 Å². The zero-order valence-corrected chi connectivity index (χ0v) is 30.9. The van der Waals surface area contributed by atoms with Gasteiger partial charge in [0.15, 0.2) is 0 Å². The first-order chi connectivity index (χ1) is 26.3. The fraction of sp³-hybridized carbons (Fsp3) is 0.405. The number of nitrogens with one attached hydrogen (secondary N) is 4. The highest BCUT2D eigenvalue weighted by atomic mass is 16.5. The molecule has 4 heterocycles. The first-order valence-corrected chi connectivity index (χ1v) is 19.0. The largest absolute Gasteiger partial charge is 0.467 e. The van der Waals surface area contributed by atoms with Gasteiger partial charge in [-0.15, -0.1) is 0 Å². The van der Waals surface area contributed by atoms with Crippen LogP contribution in [0.5, 0.6) is 0 Å². The number of imidazole rings is 2. The van der Waals surface area contributed by atoms with Crippen molar-refractivity contribution in [1.82, 2.24) is 35.5 Å². The molecule has 1 aliphatic heterocycles. The zero-order valence-electron chi connectivity index (χ0n) is 30.9. The molecule has 3 aromatic heterocycles. The number of ether oxygens (including phenoxy) is 1. The van der Waals surface area contributed by atoms with E-state index in [1.807, 2.05) is 43.3 Å². The van der Waals surface area contributed by atoms with Crippen LogP contribution in [0.2, 0.25) is 0 Å². The molecule has 2 aliphatic carbocycles. The molecule has 4 unspecified atom stereocenters. The second kappa shape index (κ2) is 15.0. The molecule has 2 aromatic carbocycles. The third kappa shape index (κ3) is 6.92. The Morgan fingerprint density at radius 3 is 2.13 bits per heavy atom. The summed E-state index contributed by atoms with van der Waals surface area (Å²) in [4.78, 5) is 57.2. The summed E-state index contributed by atoms with van der Waals surface area (Å²) in [5.41, 5.74) is 6.05. The monoisotopic (exact) mass is 729 g/mol. The van der Waals surface area contributed by atoms with Crippen LogP contribution in [0.3, 0.4) is 0 Å². The second-order valence-corrected chi connectivity index (χ2v) is 15.2. The molecule has 12 heteroatoms. The van der Waals surface area contributed by atoms with Crippen molar-refractivity contribution in [3.63, 3.8) is 0 Å². The molecule has 0 radical (unpaired) electrons. The Kier molecular flexibility index (Phi) is 9.83. The van der Waals surface area contributed by atoms with E-state index in [4.69, 9.17) is 14.1 Å². The lowest BCUT2D eigenvalue weighted by Crippen LogP contribution is -2.51. The van der Waals surface area contributed by atoms with E-state index < -0.39 is 12.1 Å². The summed E-state index contributed by atoms with van der Waals surface area (Å²) in [5.74, 6) is 3.12. The van der Waals surface area contributed by atoms with Crippen LogP contribution in [0.25, 0.3) is 33.6 Å². The highest BCUT2D eigenvalue weighted by molar-refractivity contribution is 5.86. The number of hydrogen-bond donors (Lipinski definition) is 4. The number of fused-ring (bicyclic) bond motifs is 2. The third-order valence-electron chi connectivity index (χ3n) is 11.7. The minimum Gasteiger partial charge on any atom is -0.467 e. The number of aromatic amines is 2. The standard InChI is InChI=1S/C42H47N7O5/c1-24(2)37(48-42(52)53-3)41(51)49-18-4-7-34(49)38-43-22-32(46-38)27-12-8-25(9-13-27)26-10-14-28(15-11-26)33-23-44-39(47-33)35-29-16-17-30(20-29)36(35)40(50)45-21-31-6-5-19-54-31/h5-6,8-15,19,22-24,29-30,34-37H,4,7,16-18,20-21H2,1-3H3,(H,43,46)(H,44,47)(H,45,50)(H,48,52)/t29?,30?,34-,35?,36?,37-/m0/s1. The predicted octanol–water partition coefficient (Wildman–Crippen LogP) is 7.22. The molecule has 3 amide bonds. The van der Waals surface area contributed by atoms with Crippen LogP contribution >= 0.6 is 0 Å². The van der Waals surface area contributed by atoms with E-state index in [9.17, 15) is 14.4 Å². The molecule has 5 aromatic rings. The minimum atomic E-state index is -0.676. The molecule has 3 fully saturated rings. The summed E-state index contributed by atoms with van der Waals surface area (Å²) in [5, 5.41) is 5.81. The molecule has 1 saturated heterocycles. The van der Waals surface area contributed by atoms with Crippen molar-refractivity contribution in [3.05, 3.63) is 96.7 Å². The first kappa shape index (κ1) is 35.4. The number of benzene rings is 2. The normalized spacial score (nSPS) is 22.4. The van der Waals surface area contributed by atoms with Crippen LogP contribution in [0, 0.1) is 23.7 Å². The van der Waals surface area contributed by atoms with Gasteiger partial charge in [-0.25, -0.2) is 14.8 Å². The van der Waals surface area contributed by atoms with Gasteiger partial charge in [0, 0.05) is 12.5 Å². The SMILES string of the molecule is COC(=O)N[C@H](C(=O)N1CCC[C@H]1c1ncc(-c2ccc(-c3ccc(-c4cnc(C5C6CCC(C6)C5C(=O)NCc5ccco5)[nH]4)cc3)cc2)[nH]1)C(C)C. The average Bonchev–Trinajstić information content (AvgIpc) is 4.05. The molecule has 280 valence electrons. The zero-order chi connectivity index (χ0) is 37.3. The van der Waals surface area contributed by atoms with Gasteiger partial charge in [-0.1, -0.05) is 62.4 Å². The first-order valence-electron chi connectivity index (χ1n) is 19.0. The smallest absolute Gasteiger partial charge is 0.407 e. The van der Waals surface area contributed by atoms with Gasteiger partial charge in [-0.2, -0.15) is 0 Å². The van der Waals surface area contributed by atoms with Gasteiger partial charge >= 0.3 is 6.09 Å². The minimum absolute atomic E-state index is 0.0858. The number of nitrogens with zero attached hydrogens (tertiary/aromatic N) is 3. The lowest BCUT2D eigenvalue weighted by atomic mass is 9.78. The van der Waals surface area contributed by atoms with Crippen molar-refractivity contribution >= 4 is 17.9 Å². The summed E-state index contributed by atoms with van der Waals surface area (Å²) in [6.07, 6.45) is 9.68. The van der Waals surface area contributed by atoms with E-state index in [1.54, 1.807) is 6.26 Å². The number of furan rings is 1. The van der Waals surface area contributed by atoms with Crippen LogP contribution in [-0.2, 0) is 20.9 Å². The molecule has 8 rings (SSSR count). The highest BCUT2D eigenvalue weighted by Gasteiger charge is 2.52. The predicted molar refractivity (Wildman–Crippen MR) is 203 cm³/mol. The molecular weight excluding hydrogens is 683 g/mol. The van der Waals surface area contributed by atoms with Crippen molar-refractivity contribution in [1.29, 1.82) is 0 Å². The van der Waals surface area contributed by atoms with E-state index >= 15 is 0 Å². The molecule has 2 bridgehead atoms. The van der Waals surface area contributed by atoms with Gasteiger partial charge in [0.2, 0.25) is 11.8 Å². The maximum atomic E-state index is 13.5. The number of hydrogen-bond acceptors (Lipinski definition) is 7. The summed E-state index contributed by atoms with van der Waals surface area (Å²) in [7, 11) is 1.30. The Morgan fingerprint density at radius 1 is 0.870 bits per heavy atom. The molecular formula is C42H47N7O5. The van der Waals surface area contributed by atoms with E-state index in [0.29, 0.717) is 24.9 Å². The Morgan fingerprint density at radius 2 is 1.50 bits per heavy atom. The van der Waals surface area contributed by atoms with Crippen molar-refractivity contribution in [2.75, 3.05) is 13.7 Å². The third-order valence-corrected chi connectivity index (χ3v) is 11.7. The molecule has 3 aliphatic rings.